The molecule has 0 fully saturated rings. The molecular formula is C15H20O4. The molecular weight excluding hydrogens is 244 g/mol. The van der Waals surface area contributed by atoms with Crippen molar-refractivity contribution in [3.63, 3.8) is 0 Å². The molecule has 4 nitrogen and oxygen atoms in total. The lowest BCUT2D eigenvalue weighted by Crippen LogP contribution is -2.38. The lowest BCUT2D eigenvalue weighted by atomic mass is 9.94. The highest BCUT2D eigenvalue weighted by Gasteiger charge is 2.29. The minimum atomic E-state index is -0.858. The monoisotopic (exact) mass is 264 g/mol. The van der Waals surface area contributed by atoms with Crippen molar-refractivity contribution < 1.29 is 19.7 Å². The average Bonchev–Trinajstić information content (AvgIpc) is 2.37. The van der Waals surface area contributed by atoms with Crippen LogP contribution in [-0.2, 0) is 17.6 Å². The van der Waals surface area contributed by atoms with E-state index in [1.54, 1.807) is 0 Å². The van der Waals surface area contributed by atoms with Crippen molar-refractivity contribution >= 4 is 5.97 Å². The van der Waals surface area contributed by atoms with Gasteiger partial charge in [-0.3, -0.25) is 4.79 Å². The Bertz CT molecular complexity index is 441. The molecule has 1 aliphatic rings. The number of aryl methyl sites for hydroxylation is 1. The highest BCUT2D eigenvalue weighted by atomic mass is 16.5. The van der Waals surface area contributed by atoms with Gasteiger partial charge in [0.2, 0.25) is 0 Å². The summed E-state index contributed by atoms with van der Waals surface area (Å²) in [5.41, 5.74) is 2.16. The van der Waals surface area contributed by atoms with Gasteiger partial charge in [0.1, 0.15) is 11.9 Å². The maximum Gasteiger partial charge on any atom is 0.303 e. The van der Waals surface area contributed by atoms with E-state index in [9.17, 15) is 9.90 Å². The van der Waals surface area contributed by atoms with Crippen LogP contribution in [0.5, 0.6) is 5.75 Å². The van der Waals surface area contributed by atoms with Gasteiger partial charge in [-0.25, -0.2) is 0 Å². The Morgan fingerprint density at radius 3 is 2.95 bits per heavy atom. The molecule has 4 heteroatoms. The SMILES string of the molecule is CCCc1cccc2c1OC(CCC(=O)O)C(O)C2. The largest absolute Gasteiger partial charge is 0.487 e. The van der Waals surface area contributed by atoms with Crippen LogP contribution >= 0.6 is 0 Å². The number of carboxylic acids is 1. The second-order valence-electron chi connectivity index (χ2n) is 5.02. The summed E-state index contributed by atoms with van der Waals surface area (Å²) in [6.07, 6.45) is 1.83. The third-order valence-electron chi connectivity index (χ3n) is 3.47. The summed E-state index contributed by atoms with van der Waals surface area (Å²) in [6.45, 7) is 2.11. The van der Waals surface area contributed by atoms with Crippen molar-refractivity contribution in [2.45, 2.75) is 51.2 Å². The van der Waals surface area contributed by atoms with Gasteiger partial charge in [-0.05, 0) is 24.0 Å². The van der Waals surface area contributed by atoms with E-state index in [2.05, 4.69) is 6.92 Å². The third-order valence-corrected chi connectivity index (χ3v) is 3.47. The van der Waals surface area contributed by atoms with Gasteiger partial charge in [0.05, 0.1) is 6.10 Å². The van der Waals surface area contributed by atoms with Crippen LogP contribution in [0.1, 0.15) is 37.3 Å². The van der Waals surface area contributed by atoms with Crippen LogP contribution in [-0.4, -0.2) is 28.4 Å². The summed E-state index contributed by atoms with van der Waals surface area (Å²) in [5, 5.41) is 18.8. The number of hydrogen-bond acceptors (Lipinski definition) is 3. The first-order chi connectivity index (χ1) is 9.11. The van der Waals surface area contributed by atoms with E-state index < -0.39 is 18.2 Å². The topological polar surface area (TPSA) is 66.8 Å². The zero-order valence-corrected chi connectivity index (χ0v) is 11.1. The summed E-state index contributed by atoms with van der Waals surface area (Å²) in [4.78, 5) is 10.6. The van der Waals surface area contributed by atoms with E-state index in [1.807, 2.05) is 18.2 Å². The van der Waals surface area contributed by atoms with Crippen molar-refractivity contribution in [3.8, 4) is 5.75 Å². The predicted octanol–water partition coefficient (Wildman–Crippen LogP) is 2.17. The number of aliphatic hydroxyl groups excluding tert-OH is 1. The van der Waals surface area contributed by atoms with E-state index in [0.717, 1.165) is 29.7 Å². The number of aliphatic hydroxyl groups is 1. The second kappa shape index (κ2) is 6.06. The number of fused-ring (bicyclic) bond motifs is 1. The Morgan fingerprint density at radius 2 is 2.26 bits per heavy atom. The molecule has 0 radical (unpaired) electrons. The molecule has 0 spiro atoms. The Balaban J connectivity index is 2.16. The molecule has 0 aliphatic carbocycles. The lowest BCUT2D eigenvalue weighted by Gasteiger charge is -2.31. The van der Waals surface area contributed by atoms with Gasteiger partial charge in [0, 0.05) is 12.8 Å². The summed E-state index contributed by atoms with van der Waals surface area (Å²) >= 11 is 0. The maximum atomic E-state index is 10.6. The zero-order chi connectivity index (χ0) is 13.8. The van der Waals surface area contributed by atoms with Crippen LogP contribution in [0.25, 0.3) is 0 Å². The maximum absolute atomic E-state index is 10.6. The van der Waals surface area contributed by atoms with Crippen LogP contribution in [0.3, 0.4) is 0 Å². The molecule has 1 aromatic rings. The Labute approximate surface area is 113 Å². The molecule has 0 saturated carbocycles. The summed E-state index contributed by atoms with van der Waals surface area (Å²) < 4.78 is 5.86. The van der Waals surface area contributed by atoms with Gasteiger partial charge in [-0.2, -0.15) is 0 Å². The molecule has 1 heterocycles. The van der Waals surface area contributed by atoms with Gasteiger partial charge >= 0.3 is 5.97 Å². The first-order valence-corrected chi connectivity index (χ1v) is 6.79. The summed E-state index contributed by atoms with van der Waals surface area (Å²) in [7, 11) is 0. The van der Waals surface area contributed by atoms with Gasteiger partial charge in [0.15, 0.2) is 0 Å². The predicted molar refractivity (Wildman–Crippen MR) is 71.4 cm³/mol. The number of carbonyl (C=O) groups is 1. The second-order valence-corrected chi connectivity index (χ2v) is 5.02. The smallest absolute Gasteiger partial charge is 0.303 e. The summed E-state index contributed by atoms with van der Waals surface area (Å²) in [6, 6.07) is 5.98. The van der Waals surface area contributed by atoms with Crippen molar-refractivity contribution in [1.29, 1.82) is 0 Å². The molecule has 0 bridgehead atoms. The van der Waals surface area contributed by atoms with E-state index in [1.165, 1.54) is 0 Å². The van der Waals surface area contributed by atoms with E-state index in [0.29, 0.717) is 12.8 Å². The van der Waals surface area contributed by atoms with Gasteiger partial charge in [0.25, 0.3) is 0 Å². The van der Waals surface area contributed by atoms with Crippen LogP contribution in [0.15, 0.2) is 18.2 Å². The number of rotatable bonds is 5. The molecule has 2 rings (SSSR count). The fourth-order valence-electron chi connectivity index (χ4n) is 2.52. The standard InChI is InChI=1S/C15H20O4/c1-2-4-10-5-3-6-11-9-12(16)13(19-15(10)11)7-8-14(17)18/h3,5-6,12-13,16H,2,4,7-9H2,1H3,(H,17,18). The molecule has 2 N–H and O–H groups in total. The van der Waals surface area contributed by atoms with Crippen molar-refractivity contribution in [2.24, 2.45) is 0 Å². The molecule has 0 saturated heterocycles. The first kappa shape index (κ1) is 13.9. The molecule has 2 atom stereocenters. The molecule has 104 valence electrons. The molecule has 1 aliphatic heterocycles. The Kier molecular flexibility index (Phi) is 4.43. The fourth-order valence-corrected chi connectivity index (χ4v) is 2.52. The average molecular weight is 264 g/mol. The molecule has 1 aromatic carbocycles. The minimum Gasteiger partial charge on any atom is -0.487 e. The van der Waals surface area contributed by atoms with E-state index >= 15 is 0 Å². The van der Waals surface area contributed by atoms with Gasteiger partial charge in [-0.15, -0.1) is 0 Å². The lowest BCUT2D eigenvalue weighted by molar-refractivity contribution is -0.137. The van der Waals surface area contributed by atoms with Crippen LogP contribution in [0, 0.1) is 0 Å². The Hall–Kier alpha value is -1.55. The van der Waals surface area contributed by atoms with Crippen LogP contribution < -0.4 is 4.74 Å². The van der Waals surface area contributed by atoms with E-state index in [-0.39, 0.29) is 6.42 Å². The molecule has 0 aromatic heterocycles. The number of ether oxygens (including phenoxy) is 1. The minimum absolute atomic E-state index is 0.0208. The van der Waals surface area contributed by atoms with Crippen LogP contribution in [0.2, 0.25) is 0 Å². The quantitative estimate of drug-likeness (QED) is 0.855. The van der Waals surface area contributed by atoms with Crippen molar-refractivity contribution in [3.05, 3.63) is 29.3 Å². The number of carboxylic acid groups (broad SMARTS) is 1. The molecule has 2 unspecified atom stereocenters. The highest BCUT2D eigenvalue weighted by Crippen LogP contribution is 2.33. The number of benzene rings is 1. The number of para-hydroxylation sites is 1. The van der Waals surface area contributed by atoms with E-state index in [4.69, 9.17) is 9.84 Å². The summed E-state index contributed by atoms with van der Waals surface area (Å²) in [5.74, 6) is -0.00604. The van der Waals surface area contributed by atoms with Crippen molar-refractivity contribution in [1.82, 2.24) is 0 Å². The molecule has 0 amide bonds. The molecule has 19 heavy (non-hydrogen) atoms. The fraction of sp³-hybridized carbons (Fsp3) is 0.533. The van der Waals surface area contributed by atoms with Gasteiger partial charge < -0.3 is 14.9 Å². The zero-order valence-electron chi connectivity index (χ0n) is 11.1. The number of aliphatic carboxylic acids is 1. The van der Waals surface area contributed by atoms with Crippen LogP contribution in [0.4, 0.5) is 0 Å². The number of hydrogen-bond donors (Lipinski definition) is 2. The normalized spacial score (nSPS) is 21.6. The Morgan fingerprint density at radius 1 is 1.47 bits per heavy atom. The third kappa shape index (κ3) is 3.26. The highest BCUT2D eigenvalue weighted by molar-refractivity contribution is 5.66. The van der Waals surface area contributed by atoms with Crippen molar-refractivity contribution in [2.75, 3.05) is 0 Å². The van der Waals surface area contributed by atoms with Gasteiger partial charge in [-0.1, -0.05) is 31.5 Å². The first-order valence-electron chi connectivity index (χ1n) is 6.79.